The van der Waals surface area contributed by atoms with Crippen molar-refractivity contribution in [3.05, 3.63) is 56.8 Å². The molecular weight excluding hydrogens is 429 g/mol. The van der Waals surface area contributed by atoms with Gasteiger partial charge in [0.2, 0.25) is 0 Å². The molecule has 0 aliphatic heterocycles. The van der Waals surface area contributed by atoms with E-state index in [1.807, 2.05) is 34.9 Å². The van der Waals surface area contributed by atoms with E-state index in [1.165, 1.54) is 11.3 Å². The van der Waals surface area contributed by atoms with E-state index in [-0.39, 0.29) is 5.91 Å². The van der Waals surface area contributed by atoms with Crippen molar-refractivity contribution in [2.45, 2.75) is 20.4 Å². The summed E-state index contributed by atoms with van der Waals surface area (Å²) in [7, 11) is 1.63. The quantitative estimate of drug-likeness (QED) is 0.493. The van der Waals surface area contributed by atoms with Crippen LogP contribution in [0.4, 0.5) is 5.69 Å². The van der Waals surface area contributed by atoms with Crippen molar-refractivity contribution in [2.75, 3.05) is 31.7 Å². The number of benzene rings is 2. The molecule has 1 amide bonds. The molecule has 0 atom stereocenters. The number of methoxy groups -OCH3 is 1. The first-order valence-corrected chi connectivity index (χ1v) is 11.0. The van der Waals surface area contributed by atoms with Gasteiger partial charge < -0.3 is 14.2 Å². The number of aromatic nitrogens is 1. The topological polar surface area (TPSA) is 46.8 Å². The number of hydrogen-bond donors (Lipinski definition) is 0. The van der Waals surface area contributed by atoms with E-state index in [4.69, 9.17) is 27.9 Å². The van der Waals surface area contributed by atoms with Crippen LogP contribution < -0.4 is 9.70 Å². The zero-order valence-corrected chi connectivity index (χ0v) is 18.9. The van der Waals surface area contributed by atoms with Crippen LogP contribution in [-0.2, 0) is 11.3 Å². The minimum Gasteiger partial charge on any atom is -0.383 e. The SMILES string of the molecule is CCN(CC)c1ccc(C(=O)N=c2sc3ccc(Cl)c(Cl)c3n2CCOC)cc1. The molecule has 29 heavy (non-hydrogen) atoms. The first-order chi connectivity index (χ1) is 14.0. The van der Waals surface area contributed by atoms with Gasteiger partial charge in [0.25, 0.3) is 5.91 Å². The van der Waals surface area contributed by atoms with Crippen LogP contribution in [0.3, 0.4) is 0 Å². The van der Waals surface area contributed by atoms with Gasteiger partial charge in [-0.1, -0.05) is 34.5 Å². The zero-order chi connectivity index (χ0) is 21.0. The largest absolute Gasteiger partial charge is 0.383 e. The van der Waals surface area contributed by atoms with Crippen molar-refractivity contribution < 1.29 is 9.53 Å². The third kappa shape index (κ3) is 4.67. The zero-order valence-electron chi connectivity index (χ0n) is 16.6. The fourth-order valence-electron chi connectivity index (χ4n) is 3.13. The average Bonchev–Trinajstić information content (AvgIpc) is 3.08. The lowest BCUT2D eigenvalue weighted by atomic mass is 10.2. The van der Waals surface area contributed by atoms with Gasteiger partial charge in [-0.2, -0.15) is 4.99 Å². The monoisotopic (exact) mass is 451 g/mol. The maximum atomic E-state index is 12.8. The van der Waals surface area contributed by atoms with E-state index >= 15 is 0 Å². The normalized spacial score (nSPS) is 12.0. The molecule has 0 N–H and O–H groups in total. The number of halogens is 2. The van der Waals surface area contributed by atoms with Gasteiger partial charge in [-0.3, -0.25) is 4.79 Å². The molecule has 1 heterocycles. The molecule has 3 aromatic rings. The number of nitrogens with zero attached hydrogens (tertiary/aromatic N) is 3. The molecule has 0 saturated heterocycles. The van der Waals surface area contributed by atoms with Crippen LogP contribution in [0.1, 0.15) is 24.2 Å². The van der Waals surface area contributed by atoms with Crippen molar-refractivity contribution in [3.63, 3.8) is 0 Å². The standard InChI is InChI=1S/C21H23Cl2N3O2S/c1-4-25(5-2)15-8-6-14(7-9-15)20(27)24-21-26(12-13-28-3)19-17(29-21)11-10-16(22)18(19)23/h6-11H,4-5,12-13H2,1-3H3. The number of ether oxygens (including phenoxy) is 1. The highest BCUT2D eigenvalue weighted by atomic mass is 35.5. The van der Waals surface area contributed by atoms with Crippen LogP contribution in [-0.4, -0.2) is 37.3 Å². The Balaban J connectivity index is 2.02. The van der Waals surface area contributed by atoms with Crippen LogP contribution in [0.25, 0.3) is 10.2 Å². The Bertz CT molecular complexity index is 1070. The number of fused-ring (bicyclic) bond motifs is 1. The average molecular weight is 452 g/mol. The first-order valence-electron chi connectivity index (χ1n) is 9.40. The maximum absolute atomic E-state index is 12.8. The Hall–Kier alpha value is -1.86. The summed E-state index contributed by atoms with van der Waals surface area (Å²) in [6, 6.07) is 11.2. The second kappa shape index (κ2) is 9.76. The van der Waals surface area contributed by atoms with E-state index < -0.39 is 0 Å². The maximum Gasteiger partial charge on any atom is 0.279 e. The van der Waals surface area contributed by atoms with Crippen molar-refractivity contribution >= 4 is 56.3 Å². The Labute approximate surface area is 184 Å². The van der Waals surface area contributed by atoms with E-state index in [1.54, 1.807) is 13.2 Å². The molecule has 0 aliphatic rings. The molecule has 5 nitrogen and oxygen atoms in total. The number of thiazole rings is 1. The smallest absolute Gasteiger partial charge is 0.279 e. The number of carbonyl (C=O) groups is 1. The molecular formula is C21H23Cl2N3O2S. The summed E-state index contributed by atoms with van der Waals surface area (Å²) in [5.41, 5.74) is 2.40. The van der Waals surface area contributed by atoms with Crippen LogP contribution >= 0.6 is 34.5 Å². The molecule has 3 rings (SSSR count). The third-order valence-electron chi connectivity index (χ3n) is 4.69. The highest BCUT2D eigenvalue weighted by Crippen LogP contribution is 2.32. The van der Waals surface area contributed by atoms with Crippen LogP contribution in [0.15, 0.2) is 41.4 Å². The summed E-state index contributed by atoms with van der Waals surface area (Å²) in [4.78, 5) is 20.0. The molecule has 0 spiro atoms. The molecule has 154 valence electrons. The molecule has 2 aromatic carbocycles. The lowest BCUT2D eigenvalue weighted by molar-refractivity contribution is 0.0997. The molecule has 0 radical (unpaired) electrons. The Morgan fingerprint density at radius 2 is 1.83 bits per heavy atom. The molecule has 0 fully saturated rings. The summed E-state index contributed by atoms with van der Waals surface area (Å²) in [6.07, 6.45) is 0. The molecule has 0 unspecified atom stereocenters. The molecule has 0 aliphatic carbocycles. The minimum absolute atomic E-state index is 0.295. The van der Waals surface area contributed by atoms with Crippen molar-refractivity contribution in [3.8, 4) is 0 Å². The fourth-order valence-corrected chi connectivity index (χ4v) is 4.67. The van der Waals surface area contributed by atoms with Gasteiger partial charge in [0, 0.05) is 38.0 Å². The van der Waals surface area contributed by atoms with Crippen molar-refractivity contribution in [1.29, 1.82) is 0 Å². The highest BCUT2D eigenvalue weighted by Gasteiger charge is 2.14. The predicted molar refractivity (Wildman–Crippen MR) is 122 cm³/mol. The Kier molecular flexibility index (Phi) is 7.35. The second-order valence-electron chi connectivity index (χ2n) is 6.37. The highest BCUT2D eigenvalue weighted by molar-refractivity contribution is 7.16. The van der Waals surface area contributed by atoms with Gasteiger partial charge in [-0.05, 0) is 50.2 Å². The van der Waals surface area contributed by atoms with E-state index in [0.29, 0.717) is 33.6 Å². The number of carbonyl (C=O) groups excluding carboxylic acids is 1. The summed E-state index contributed by atoms with van der Waals surface area (Å²) >= 11 is 14.0. The number of anilines is 1. The molecule has 8 heteroatoms. The van der Waals surface area contributed by atoms with Crippen LogP contribution in [0.5, 0.6) is 0 Å². The van der Waals surface area contributed by atoms with Gasteiger partial charge >= 0.3 is 0 Å². The van der Waals surface area contributed by atoms with Gasteiger partial charge in [-0.15, -0.1) is 0 Å². The van der Waals surface area contributed by atoms with Crippen LogP contribution in [0, 0.1) is 0 Å². The lowest BCUT2D eigenvalue weighted by Gasteiger charge is -2.20. The summed E-state index contributed by atoms with van der Waals surface area (Å²) in [5, 5.41) is 0.919. The summed E-state index contributed by atoms with van der Waals surface area (Å²) in [5.74, 6) is -0.295. The Morgan fingerprint density at radius 1 is 1.14 bits per heavy atom. The lowest BCUT2D eigenvalue weighted by Crippen LogP contribution is -2.21. The van der Waals surface area contributed by atoms with Crippen molar-refractivity contribution in [2.24, 2.45) is 4.99 Å². The second-order valence-corrected chi connectivity index (χ2v) is 8.17. The van der Waals surface area contributed by atoms with Gasteiger partial charge in [-0.25, -0.2) is 0 Å². The first kappa shape index (κ1) is 21.8. The molecule has 0 bridgehead atoms. The number of amides is 1. The van der Waals surface area contributed by atoms with Gasteiger partial charge in [0.15, 0.2) is 4.80 Å². The minimum atomic E-state index is -0.295. The van der Waals surface area contributed by atoms with E-state index in [0.717, 1.165) is 29.0 Å². The fraction of sp³-hybridized carbons (Fsp3) is 0.333. The predicted octanol–water partition coefficient (Wildman–Crippen LogP) is 5.24. The van der Waals surface area contributed by atoms with E-state index in [2.05, 4.69) is 23.7 Å². The van der Waals surface area contributed by atoms with Gasteiger partial charge in [0.1, 0.15) is 0 Å². The number of rotatable bonds is 7. The summed E-state index contributed by atoms with van der Waals surface area (Å²) < 4.78 is 8.02. The molecule has 1 aromatic heterocycles. The van der Waals surface area contributed by atoms with Gasteiger partial charge in [0.05, 0.1) is 26.9 Å². The van der Waals surface area contributed by atoms with Crippen LogP contribution in [0.2, 0.25) is 10.0 Å². The van der Waals surface area contributed by atoms with Crippen molar-refractivity contribution in [1.82, 2.24) is 4.57 Å². The number of hydrogen-bond acceptors (Lipinski definition) is 4. The van der Waals surface area contributed by atoms with E-state index in [9.17, 15) is 4.79 Å². The Morgan fingerprint density at radius 3 is 2.45 bits per heavy atom. The summed E-state index contributed by atoms with van der Waals surface area (Å²) in [6.45, 7) is 7.03. The molecule has 0 saturated carbocycles. The third-order valence-corrected chi connectivity index (χ3v) is 6.53.